The molecule has 0 aromatic rings. The number of alkyl halides is 3. The fourth-order valence-corrected chi connectivity index (χ4v) is 1.87. The Morgan fingerprint density at radius 1 is 1.25 bits per heavy atom. The zero-order chi connectivity index (χ0) is 12.6. The van der Waals surface area contributed by atoms with Crippen LogP contribution in [0.2, 0.25) is 0 Å². The lowest BCUT2D eigenvalue weighted by molar-refractivity contribution is -0.147. The van der Waals surface area contributed by atoms with Gasteiger partial charge in [-0.05, 0) is 31.1 Å². The third kappa shape index (κ3) is 9.30. The normalized spacial score (nSPS) is 14.4. The first-order chi connectivity index (χ1) is 7.39. The van der Waals surface area contributed by atoms with Gasteiger partial charge in [-0.25, -0.2) is 0 Å². The number of hydrogen-bond acceptors (Lipinski definition) is 3. The topological polar surface area (TPSA) is 23.5 Å². The summed E-state index contributed by atoms with van der Waals surface area (Å²) in [7, 11) is 0. The third-order valence-electron chi connectivity index (χ3n) is 2.38. The Morgan fingerprint density at radius 2 is 1.88 bits per heavy atom. The van der Waals surface area contributed by atoms with Gasteiger partial charge in [-0.1, -0.05) is 6.92 Å². The van der Waals surface area contributed by atoms with Crippen molar-refractivity contribution in [3.05, 3.63) is 0 Å². The van der Waals surface area contributed by atoms with Crippen LogP contribution < -0.4 is 0 Å². The standard InChI is InChI=1S/C10H20F3NOS/c1-9(3-7-16)2-4-14(5-6-15)8-10(11,12)13/h9,15-16H,2-8H2,1H3. The Kier molecular flexibility index (Phi) is 8.23. The summed E-state index contributed by atoms with van der Waals surface area (Å²) < 4.78 is 36.5. The van der Waals surface area contributed by atoms with Crippen molar-refractivity contribution >= 4 is 12.6 Å². The molecule has 0 aromatic carbocycles. The van der Waals surface area contributed by atoms with Crippen molar-refractivity contribution in [2.45, 2.75) is 25.9 Å². The van der Waals surface area contributed by atoms with Crippen molar-refractivity contribution in [2.75, 3.05) is 32.0 Å². The predicted octanol–water partition coefficient (Wildman–Crippen LogP) is 2.19. The van der Waals surface area contributed by atoms with Crippen molar-refractivity contribution in [3.63, 3.8) is 0 Å². The van der Waals surface area contributed by atoms with E-state index in [0.29, 0.717) is 18.9 Å². The first kappa shape index (κ1) is 16.1. The van der Waals surface area contributed by atoms with Gasteiger partial charge in [-0.15, -0.1) is 0 Å². The highest BCUT2D eigenvalue weighted by Gasteiger charge is 2.30. The van der Waals surface area contributed by atoms with E-state index in [-0.39, 0.29) is 13.2 Å². The van der Waals surface area contributed by atoms with Gasteiger partial charge in [-0.2, -0.15) is 25.8 Å². The van der Waals surface area contributed by atoms with E-state index < -0.39 is 12.7 Å². The summed E-state index contributed by atoms with van der Waals surface area (Å²) in [5.41, 5.74) is 0. The predicted molar refractivity (Wildman–Crippen MR) is 61.8 cm³/mol. The van der Waals surface area contributed by atoms with E-state index >= 15 is 0 Å². The largest absolute Gasteiger partial charge is 0.401 e. The highest BCUT2D eigenvalue weighted by Crippen LogP contribution is 2.17. The quantitative estimate of drug-likeness (QED) is 0.653. The van der Waals surface area contributed by atoms with Crippen LogP contribution in [0.15, 0.2) is 0 Å². The minimum atomic E-state index is -4.19. The second-order valence-electron chi connectivity index (χ2n) is 4.02. The van der Waals surface area contributed by atoms with Crippen LogP contribution in [-0.4, -0.2) is 48.2 Å². The van der Waals surface area contributed by atoms with Crippen LogP contribution in [0.4, 0.5) is 13.2 Å². The van der Waals surface area contributed by atoms with Crippen LogP contribution in [0.5, 0.6) is 0 Å². The number of nitrogens with zero attached hydrogens (tertiary/aromatic N) is 1. The number of halogens is 3. The lowest BCUT2D eigenvalue weighted by Gasteiger charge is -2.24. The van der Waals surface area contributed by atoms with Crippen molar-refractivity contribution in [2.24, 2.45) is 5.92 Å². The molecule has 0 heterocycles. The van der Waals surface area contributed by atoms with Gasteiger partial charge in [0.2, 0.25) is 0 Å². The lowest BCUT2D eigenvalue weighted by Crippen LogP contribution is -2.37. The van der Waals surface area contributed by atoms with Crippen molar-refractivity contribution in [3.8, 4) is 0 Å². The summed E-state index contributed by atoms with van der Waals surface area (Å²) in [5, 5.41) is 8.68. The molecule has 0 saturated heterocycles. The average Bonchev–Trinajstić information content (AvgIpc) is 2.13. The Balaban J connectivity index is 3.93. The molecule has 98 valence electrons. The second kappa shape index (κ2) is 8.20. The molecule has 0 amide bonds. The maximum Gasteiger partial charge on any atom is 0.401 e. The van der Waals surface area contributed by atoms with Crippen molar-refractivity contribution in [1.82, 2.24) is 4.90 Å². The molecule has 0 aliphatic carbocycles. The zero-order valence-corrected chi connectivity index (χ0v) is 10.4. The van der Waals surface area contributed by atoms with Gasteiger partial charge < -0.3 is 5.11 Å². The Morgan fingerprint density at radius 3 is 2.31 bits per heavy atom. The summed E-state index contributed by atoms with van der Waals surface area (Å²) in [4.78, 5) is 1.25. The van der Waals surface area contributed by atoms with E-state index in [0.717, 1.165) is 12.2 Å². The van der Waals surface area contributed by atoms with Gasteiger partial charge >= 0.3 is 6.18 Å². The second-order valence-corrected chi connectivity index (χ2v) is 4.47. The van der Waals surface area contributed by atoms with E-state index in [9.17, 15) is 13.2 Å². The molecule has 16 heavy (non-hydrogen) atoms. The molecular formula is C10H20F3NOS. The number of aliphatic hydroxyl groups is 1. The van der Waals surface area contributed by atoms with Crippen LogP contribution >= 0.6 is 12.6 Å². The molecule has 0 spiro atoms. The molecule has 2 nitrogen and oxygen atoms in total. The van der Waals surface area contributed by atoms with Crippen LogP contribution in [0.1, 0.15) is 19.8 Å². The first-order valence-electron chi connectivity index (χ1n) is 5.40. The molecular weight excluding hydrogens is 239 g/mol. The number of rotatable bonds is 8. The average molecular weight is 259 g/mol. The van der Waals surface area contributed by atoms with Crippen LogP contribution in [0, 0.1) is 5.92 Å². The minimum Gasteiger partial charge on any atom is -0.395 e. The molecule has 1 unspecified atom stereocenters. The third-order valence-corrected chi connectivity index (χ3v) is 2.64. The molecule has 0 radical (unpaired) electrons. The number of aliphatic hydroxyl groups excluding tert-OH is 1. The molecule has 1 atom stereocenters. The minimum absolute atomic E-state index is 0.0765. The molecule has 0 aliphatic rings. The molecule has 0 saturated carbocycles. The fraction of sp³-hybridized carbons (Fsp3) is 1.00. The summed E-state index contributed by atoms with van der Waals surface area (Å²) >= 11 is 4.08. The highest BCUT2D eigenvalue weighted by atomic mass is 32.1. The highest BCUT2D eigenvalue weighted by molar-refractivity contribution is 7.80. The smallest absolute Gasteiger partial charge is 0.395 e. The van der Waals surface area contributed by atoms with Gasteiger partial charge in [0.1, 0.15) is 0 Å². The van der Waals surface area contributed by atoms with Gasteiger partial charge in [0.25, 0.3) is 0 Å². The Bertz CT molecular complexity index is 178. The maximum atomic E-state index is 12.2. The summed E-state index contributed by atoms with van der Waals surface area (Å²) in [6, 6.07) is 0. The van der Waals surface area contributed by atoms with E-state index in [2.05, 4.69) is 12.6 Å². The number of hydrogen-bond donors (Lipinski definition) is 2. The van der Waals surface area contributed by atoms with Crippen LogP contribution in [0.3, 0.4) is 0 Å². The van der Waals surface area contributed by atoms with Gasteiger partial charge in [-0.3, -0.25) is 4.90 Å². The summed E-state index contributed by atoms with van der Waals surface area (Å²) in [6.07, 6.45) is -2.58. The molecule has 0 bridgehead atoms. The Hall–Kier alpha value is 0.0600. The van der Waals surface area contributed by atoms with E-state index in [1.165, 1.54) is 4.90 Å². The molecule has 0 aliphatic heterocycles. The Labute approximate surface area is 100 Å². The van der Waals surface area contributed by atoms with Gasteiger partial charge in [0, 0.05) is 6.54 Å². The summed E-state index contributed by atoms with van der Waals surface area (Å²) in [6.45, 7) is 1.27. The molecule has 0 rings (SSSR count). The summed E-state index contributed by atoms with van der Waals surface area (Å²) in [5.74, 6) is 1.12. The molecule has 0 aromatic heterocycles. The lowest BCUT2D eigenvalue weighted by atomic mass is 10.1. The van der Waals surface area contributed by atoms with E-state index in [1.54, 1.807) is 0 Å². The monoisotopic (exact) mass is 259 g/mol. The number of thiol groups is 1. The zero-order valence-electron chi connectivity index (χ0n) is 9.50. The molecule has 1 N–H and O–H groups in total. The van der Waals surface area contributed by atoms with Gasteiger partial charge in [0.15, 0.2) is 0 Å². The van der Waals surface area contributed by atoms with Crippen molar-refractivity contribution in [1.29, 1.82) is 0 Å². The SMILES string of the molecule is CC(CCS)CCN(CCO)CC(F)(F)F. The van der Waals surface area contributed by atoms with Crippen molar-refractivity contribution < 1.29 is 18.3 Å². The molecule has 6 heteroatoms. The van der Waals surface area contributed by atoms with E-state index in [4.69, 9.17) is 5.11 Å². The van der Waals surface area contributed by atoms with E-state index in [1.807, 2.05) is 6.92 Å². The van der Waals surface area contributed by atoms with Gasteiger partial charge in [0.05, 0.1) is 13.2 Å². The maximum absolute atomic E-state index is 12.2. The fourth-order valence-electron chi connectivity index (χ4n) is 1.43. The van der Waals surface area contributed by atoms with Crippen LogP contribution in [0.25, 0.3) is 0 Å². The first-order valence-corrected chi connectivity index (χ1v) is 6.03. The molecule has 0 fully saturated rings. The van der Waals surface area contributed by atoms with Crippen LogP contribution in [-0.2, 0) is 0 Å².